The number of fused-ring (bicyclic) bond motifs is 1. The monoisotopic (exact) mass is 336 g/mol. The zero-order valence-corrected chi connectivity index (χ0v) is 14.2. The molecular weight excluding hydrogens is 316 g/mol. The summed E-state index contributed by atoms with van der Waals surface area (Å²) in [6.45, 7) is 4.76. The summed E-state index contributed by atoms with van der Waals surface area (Å²) in [5.74, 6) is -0.272. The van der Waals surface area contributed by atoms with Crippen LogP contribution in [-0.2, 0) is 9.59 Å². The first kappa shape index (κ1) is 17.1. The zero-order chi connectivity index (χ0) is 17.0. The number of nitrogens with zero attached hydrogens (tertiary/aromatic N) is 3. The highest BCUT2D eigenvalue weighted by atomic mass is 32.1. The Balaban J connectivity index is 2.00. The van der Waals surface area contributed by atoms with E-state index < -0.39 is 5.97 Å². The van der Waals surface area contributed by atoms with Crippen LogP contribution in [-0.4, -0.2) is 47.1 Å². The number of amides is 1. The van der Waals surface area contributed by atoms with Crippen LogP contribution in [0.15, 0.2) is 6.33 Å². The highest BCUT2D eigenvalue weighted by Crippen LogP contribution is 2.33. The van der Waals surface area contributed by atoms with E-state index >= 15 is 0 Å². The standard InChI is InChI=1S/C15H20N4O3S/c1-9-10(2)23-15-13(9)14(17-8-18-15)19(3)7-5-11(20)16-6-4-12(21)22/h8H,4-7H2,1-3H3,(H,16,20)(H,21,22). The summed E-state index contributed by atoms with van der Waals surface area (Å²) in [7, 11) is 1.89. The smallest absolute Gasteiger partial charge is 0.305 e. The molecule has 2 N–H and O–H groups in total. The lowest BCUT2D eigenvalue weighted by atomic mass is 10.2. The number of aliphatic carboxylic acids is 1. The fourth-order valence-corrected chi connectivity index (χ4v) is 3.22. The Kier molecular flexibility index (Phi) is 5.49. The van der Waals surface area contributed by atoms with Crippen LogP contribution < -0.4 is 10.2 Å². The van der Waals surface area contributed by atoms with Gasteiger partial charge in [0.05, 0.1) is 11.8 Å². The lowest BCUT2D eigenvalue weighted by Crippen LogP contribution is -2.30. The number of thiophene rings is 1. The van der Waals surface area contributed by atoms with Gasteiger partial charge in [0.25, 0.3) is 0 Å². The van der Waals surface area contributed by atoms with Gasteiger partial charge in [-0.05, 0) is 19.4 Å². The minimum absolute atomic E-state index is 0.0680. The molecule has 0 aliphatic rings. The van der Waals surface area contributed by atoms with E-state index in [1.165, 1.54) is 16.8 Å². The first-order valence-corrected chi connectivity index (χ1v) is 8.12. The summed E-state index contributed by atoms with van der Waals surface area (Å²) >= 11 is 1.64. The summed E-state index contributed by atoms with van der Waals surface area (Å²) in [6, 6.07) is 0. The number of nitrogens with one attached hydrogen (secondary N) is 1. The Labute approximate surface area is 138 Å². The Bertz CT molecular complexity index is 729. The number of hydrogen-bond acceptors (Lipinski definition) is 6. The normalized spacial score (nSPS) is 10.7. The van der Waals surface area contributed by atoms with Crippen molar-refractivity contribution >= 4 is 39.2 Å². The van der Waals surface area contributed by atoms with Crippen LogP contribution in [0.2, 0.25) is 0 Å². The van der Waals surface area contributed by atoms with E-state index in [0.717, 1.165) is 16.0 Å². The first-order chi connectivity index (χ1) is 10.9. The largest absolute Gasteiger partial charge is 0.481 e. The van der Waals surface area contributed by atoms with Crippen LogP contribution in [0.1, 0.15) is 23.3 Å². The quantitative estimate of drug-likeness (QED) is 0.799. The van der Waals surface area contributed by atoms with Gasteiger partial charge < -0.3 is 15.3 Å². The Morgan fingerprint density at radius 1 is 1.30 bits per heavy atom. The molecule has 0 aliphatic carbocycles. The average Bonchev–Trinajstić information content (AvgIpc) is 2.79. The summed E-state index contributed by atoms with van der Waals surface area (Å²) in [5.41, 5.74) is 1.17. The second-order valence-electron chi connectivity index (χ2n) is 5.33. The van der Waals surface area contributed by atoms with Crippen LogP contribution in [0.25, 0.3) is 10.2 Å². The molecule has 0 radical (unpaired) electrons. The maximum atomic E-state index is 11.7. The SMILES string of the molecule is Cc1sc2ncnc(N(C)CCC(=O)NCCC(=O)O)c2c1C. The molecule has 23 heavy (non-hydrogen) atoms. The van der Waals surface area contributed by atoms with Crippen LogP contribution in [0.4, 0.5) is 5.82 Å². The van der Waals surface area contributed by atoms with Crippen molar-refractivity contribution in [2.24, 2.45) is 0 Å². The van der Waals surface area contributed by atoms with Gasteiger partial charge in [0.1, 0.15) is 17.0 Å². The minimum Gasteiger partial charge on any atom is -0.481 e. The van der Waals surface area contributed by atoms with Gasteiger partial charge in [-0.1, -0.05) is 0 Å². The van der Waals surface area contributed by atoms with E-state index in [1.807, 2.05) is 18.9 Å². The number of aryl methyl sites for hydroxylation is 2. The van der Waals surface area contributed by atoms with E-state index in [-0.39, 0.29) is 25.3 Å². The van der Waals surface area contributed by atoms with Gasteiger partial charge in [-0.15, -0.1) is 11.3 Å². The van der Waals surface area contributed by atoms with Crippen LogP contribution >= 0.6 is 11.3 Å². The van der Waals surface area contributed by atoms with Gasteiger partial charge in [0, 0.05) is 31.4 Å². The van der Waals surface area contributed by atoms with E-state index in [1.54, 1.807) is 11.3 Å². The van der Waals surface area contributed by atoms with Crippen LogP contribution in [0.5, 0.6) is 0 Å². The van der Waals surface area contributed by atoms with Crippen molar-refractivity contribution in [2.45, 2.75) is 26.7 Å². The number of carbonyl (C=O) groups is 2. The molecule has 0 aliphatic heterocycles. The number of hydrogen-bond donors (Lipinski definition) is 2. The molecule has 1 amide bonds. The fourth-order valence-electron chi connectivity index (χ4n) is 2.23. The second kappa shape index (κ2) is 7.36. The highest BCUT2D eigenvalue weighted by Gasteiger charge is 2.15. The second-order valence-corrected chi connectivity index (χ2v) is 6.53. The van der Waals surface area contributed by atoms with Gasteiger partial charge in [-0.25, -0.2) is 9.97 Å². The predicted molar refractivity (Wildman–Crippen MR) is 90.0 cm³/mol. The topological polar surface area (TPSA) is 95.4 Å². The van der Waals surface area contributed by atoms with Gasteiger partial charge in [0.2, 0.25) is 5.91 Å². The van der Waals surface area contributed by atoms with Gasteiger partial charge >= 0.3 is 5.97 Å². The number of anilines is 1. The van der Waals surface area contributed by atoms with Crippen molar-refractivity contribution < 1.29 is 14.7 Å². The molecule has 0 aromatic carbocycles. The van der Waals surface area contributed by atoms with Crippen molar-refractivity contribution in [3.63, 3.8) is 0 Å². The number of carbonyl (C=O) groups excluding carboxylic acids is 1. The number of rotatable bonds is 7. The molecule has 2 rings (SSSR count). The molecule has 0 fully saturated rings. The third kappa shape index (κ3) is 4.16. The number of carboxylic acid groups (broad SMARTS) is 1. The molecule has 124 valence electrons. The molecule has 0 saturated heterocycles. The molecule has 0 unspecified atom stereocenters. The summed E-state index contributed by atoms with van der Waals surface area (Å²) in [5, 5.41) is 12.2. The number of aromatic nitrogens is 2. The maximum absolute atomic E-state index is 11.7. The predicted octanol–water partition coefficient (Wildman–Crippen LogP) is 1.73. The lowest BCUT2D eigenvalue weighted by molar-refractivity contribution is -0.136. The Morgan fingerprint density at radius 3 is 2.74 bits per heavy atom. The third-order valence-electron chi connectivity index (χ3n) is 3.64. The number of carboxylic acids is 1. The Hall–Kier alpha value is -2.22. The fraction of sp³-hybridized carbons (Fsp3) is 0.467. The van der Waals surface area contributed by atoms with Gasteiger partial charge in [0.15, 0.2) is 0 Å². The van der Waals surface area contributed by atoms with Crippen molar-refractivity contribution in [1.82, 2.24) is 15.3 Å². The Morgan fingerprint density at radius 2 is 2.04 bits per heavy atom. The molecule has 7 nitrogen and oxygen atoms in total. The summed E-state index contributed by atoms with van der Waals surface area (Å²) in [4.78, 5) is 34.9. The van der Waals surface area contributed by atoms with Crippen molar-refractivity contribution in [2.75, 3.05) is 25.0 Å². The van der Waals surface area contributed by atoms with Gasteiger partial charge in [-0.3, -0.25) is 9.59 Å². The zero-order valence-electron chi connectivity index (χ0n) is 13.4. The van der Waals surface area contributed by atoms with Crippen LogP contribution in [0, 0.1) is 13.8 Å². The average molecular weight is 336 g/mol. The molecular formula is C15H20N4O3S. The molecule has 2 aromatic heterocycles. The molecule has 2 aromatic rings. The third-order valence-corrected chi connectivity index (χ3v) is 4.76. The molecule has 0 bridgehead atoms. The van der Waals surface area contributed by atoms with E-state index in [9.17, 15) is 9.59 Å². The van der Waals surface area contributed by atoms with Crippen LogP contribution in [0.3, 0.4) is 0 Å². The summed E-state index contributed by atoms with van der Waals surface area (Å²) < 4.78 is 0. The maximum Gasteiger partial charge on any atom is 0.305 e. The molecule has 0 spiro atoms. The molecule has 8 heteroatoms. The van der Waals surface area contributed by atoms with Crippen molar-refractivity contribution in [3.8, 4) is 0 Å². The lowest BCUT2D eigenvalue weighted by Gasteiger charge is -2.18. The van der Waals surface area contributed by atoms with E-state index in [4.69, 9.17) is 5.11 Å². The molecule has 0 atom stereocenters. The van der Waals surface area contributed by atoms with Crippen molar-refractivity contribution in [3.05, 3.63) is 16.8 Å². The molecule has 0 saturated carbocycles. The van der Waals surface area contributed by atoms with Crippen molar-refractivity contribution in [1.29, 1.82) is 0 Å². The molecule has 2 heterocycles. The minimum atomic E-state index is -0.922. The first-order valence-electron chi connectivity index (χ1n) is 7.30. The van der Waals surface area contributed by atoms with Gasteiger partial charge in [-0.2, -0.15) is 0 Å². The van der Waals surface area contributed by atoms with E-state index in [2.05, 4.69) is 22.2 Å². The van der Waals surface area contributed by atoms with E-state index in [0.29, 0.717) is 6.54 Å². The highest BCUT2D eigenvalue weighted by molar-refractivity contribution is 7.18. The summed E-state index contributed by atoms with van der Waals surface area (Å²) in [6.07, 6.45) is 1.75.